The normalized spacial score (nSPS) is 20.1. The monoisotopic (exact) mass is 205 g/mol. The standard InChI is InChI=1S/C11H15N3O/c1-14-11(12)7-10(13-14)8-3-5-9(15-2)6-4-8/h3,5-8H,4,12H2,1-2H3. The minimum Gasteiger partial charge on any atom is -0.497 e. The van der Waals surface area contributed by atoms with Crippen LogP contribution in [0.1, 0.15) is 18.0 Å². The predicted molar refractivity (Wildman–Crippen MR) is 59.2 cm³/mol. The van der Waals surface area contributed by atoms with E-state index in [1.165, 1.54) is 0 Å². The minimum atomic E-state index is 0.312. The number of methoxy groups -OCH3 is 1. The van der Waals surface area contributed by atoms with Gasteiger partial charge in [0.2, 0.25) is 0 Å². The van der Waals surface area contributed by atoms with Gasteiger partial charge < -0.3 is 10.5 Å². The van der Waals surface area contributed by atoms with Gasteiger partial charge in [-0.15, -0.1) is 0 Å². The molecule has 2 rings (SSSR count). The maximum Gasteiger partial charge on any atom is 0.121 e. The van der Waals surface area contributed by atoms with Crippen LogP contribution in [-0.4, -0.2) is 16.9 Å². The third-order valence-electron chi connectivity index (χ3n) is 2.62. The Morgan fingerprint density at radius 2 is 2.40 bits per heavy atom. The van der Waals surface area contributed by atoms with Crippen LogP contribution in [0.5, 0.6) is 0 Å². The number of rotatable bonds is 2. The summed E-state index contributed by atoms with van der Waals surface area (Å²) < 4.78 is 6.82. The van der Waals surface area contributed by atoms with Gasteiger partial charge in [-0.2, -0.15) is 5.10 Å². The summed E-state index contributed by atoms with van der Waals surface area (Å²) in [6.45, 7) is 0. The molecule has 0 saturated heterocycles. The van der Waals surface area contributed by atoms with Crippen molar-refractivity contribution in [1.29, 1.82) is 0 Å². The van der Waals surface area contributed by atoms with Gasteiger partial charge in [-0.25, -0.2) is 0 Å². The van der Waals surface area contributed by atoms with Crippen molar-refractivity contribution in [1.82, 2.24) is 9.78 Å². The summed E-state index contributed by atoms with van der Waals surface area (Å²) in [6.07, 6.45) is 7.05. The molecular formula is C11H15N3O. The Hall–Kier alpha value is -1.71. The maximum absolute atomic E-state index is 5.74. The Kier molecular flexibility index (Phi) is 2.49. The molecule has 1 aromatic rings. The van der Waals surface area contributed by atoms with Crippen molar-refractivity contribution in [3.05, 3.63) is 35.7 Å². The van der Waals surface area contributed by atoms with Crippen LogP contribution in [0.4, 0.5) is 5.82 Å². The summed E-state index contributed by atoms with van der Waals surface area (Å²) in [5.41, 5.74) is 6.75. The van der Waals surface area contributed by atoms with Gasteiger partial charge in [0, 0.05) is 19.0 Å². The molecule has 0 aliphatic heterocycles. The van der Waals surface area contributed by atoms with Gasteiger partial charge in [-0.1, -0.05) is 6.08 Å². The summed E-state index contributed by atoms with van der Waals surface area (Å²) in [6, 6.07) is 1.92. The summed E-state index contributed by atoms with van der Waals surface area (Å²) in [5.74, 6) is 1.92. The zero-order chi connectivity index (χ0) is 10.8. The highest BCUT2D eigenvalue weighted by molar-refractivity contribution is 5.35. The van der Waals surface area contributed by atoms with E-state index in [0.29, 0.717) is 11.7 Å². The lowest BCUT2D eigenvalue weighted by molar-refractivity contribution is 0.303. The van der Waals surface area contributed by atoms with E-state index in [-0.39, 0.29) is 0 Å². The molecule has 0 radical (unpaired) electrons. The van der Waals surface area contributed by atoms with E-state index in [4.69, 9.17) is 10.5 Å². The van der Waals surface area contributed by atoms with E-state index >= 15 is 0 Å². The summed E-state index contributed by atoms with van der Waals surface area (Å²) in [7, 11) is 3.52. The number of nitrogens with two attached hydrogens (primary N) is 1. The molecule has 4 heteroatoms. The zero-order valence-corrected chi connectivity index (χ0v) is 8.97. The molecule has 1 heterocycles. The average molecular weight is 205 g/mol. The second-order valence-electron chi connectivity index (χ2n) is 3.63. The van der Waals surface area contributed by atoms with Crippen molar-refractivity contribution < 1.29 is 4.74 Å². The number of aromatic nitrogens is 2. The highest BCUT2D eigenvalue weighted by atomic mass is 16.5. The van der Waals surface area contributed by atoms with Crippen LogP contribution < -0.4 is 5.73 Å². The molecule has 80 valence electrons. The van der Waals surface area contributed by atoms with E-state index in [2.05, 4.69) is 17.3 Å². The van der Waals surface area contributed by atoms with Crippen LogP contribution in [0.25, 0.3) is 0 Å². The van der Waals surface area contributed by atoms with Crippen molar-refractivity contribution in [2.24, 2.45) is 7.05 Å². The largest absolute Gasteiger partial charge is 0.497 e. The predicted octanol–water partition coefficient (Wildman–Crippen LogP) is 1.58. The van der Waals surface area contributed by atoms with E-state index in [1.54, 1.807) is 11.8 Å². The first-order chi connectivity index (χ1) is 7.20. The highest BCUT2D eigenvalue weighted by Crippen LogP contribution is 2.26. The van der Waals surface area contributed by atoms with Crippen LogP contribution in [0.2, 0.25) is 0 Å². The fraction of sp³-hybridized carbons (Fsp3) is 0.364. The Morgan fingerprint density at radius 3 is 2.87 bits per heavy atom. The van der Waals surface area contributed by atoms with Crippen LogP contribution in [0, 0.1) is 0 Å². The molecule has 1 aliphatic carbocycles. The van der Waals surface area contributed by atoms with Crippen molar-refractivity contribution in [2.75, 3.05) is 12.8 Å². The zero-order valence-electron chi connectivity index (χ0n) is 8.97. The topological polar surface area (TPSA) is 53.1 Å². The van der Waals surface area contributed by atoms with Crippen molar-refractivity contribution in [3.63, 3.8) is 0 Å². The lowest BCUT2D eigenvalue weighted by atomic mass is 9.97. The number of hydrogen-bond donors (Lipinski definition) is 1. The Morgan fingerprint density at radius 1 is 1.60 bits per heavy atom. The molecule has 1 atom stereocenters. The van der Waals surface area contributed by atoms with Crippen molar-refractivity contribution >= 4 is 5.82 Å². The molecule has 0 saturated carbocycles. The van der Waals surface area contributed by atoms with Gasteiger partial charge >= 0.3 is 0 Å². The molecule has 0 fully saturated rings. The molecule has 0 bridgehead atoms. The van der Waals surface area contributed by atoms with Gasteiger partial charge in [0.25, 0.3) is 0 Å². The van der Waals surface area contributed by atoms with Crippen LogP contribution in [0.15, 0.2) is 30.1 Å². The molecule has 0 amide bonds. The smallest absolute Gasteiger partial charge is 0.121 e. The molecular weight excluding hydrogens is 190 g/mol. The Labute approximate surface area is 89.0 Å². The van der Waals surface area contributed by atoms with Gasteiger partial charge in [-0.05, 0) is 18.6 Å². The lowest BCUT2D eigenvalue weighted by Crippen LogP contribution is -2.01. The second kappa shape index (κ2) is 3.81. The van der Waals surface area contributed by atoms with Crippen molar-refractivity contribution in [3.8, 4) is 0 Å². The van der Waals surface area contributed by atoms with Gasteiger partial charge in [-0.3, -0.25) is 4.68 Å². The summed E-state index contributed by atoms with van der Waals surface area (Å²) in [4.78, 5) is 0. The van der Waals surface area contributed by atoms with Gasteiger partial charge in [0.05, 0.1) is 12.8 Å². The average Bonchev–Trinajstić information content (AvgIpc) is 2.59. The van der Waals surface area contributed by atoms with E-state index in [9.17, 15) is 0 Å². The molecule has 1 unspecified atom stereocenters. The summed E-state index contributed by atoms with van der Waals surface area (Å²) in [5, 5.41) is 4.36. The van der Waals surface area contributed by atoms with E-state index in [0.717, 1.165) is 17.9 Å². The number of allylic oxidation sites excluding steroid dienone is 3. The SMILES string of the molecule is COC1=CCC(c2cc(N)n(C)n2)C=C1. The molecule has 1 aromatic heterocycles. The number of anilines is 1. The first-order valence-corrected chi connectivity index (χ1v) is 4.92. The first kappa shape index (κ1) is 9.83. The number of nitrogens with zero attached hydrogens (tertiary/aromatic N) is 2. The van der Waals surface area contributed by atoms with E-state index < -0.39 is 0 Å². The molecule has 4 nitrogen and oxygen atoms in total. The van der Waals surface area contributed by atoms with Crippen LogP contribution in [-0.2, 0) is 11.8 Å². The first-order valence-electron chi connectivity index (χ1n) is 4.92. The quantitative estimate of drug-likeness (QED) is 0.797. The third kappa shape index (κ3) is 1.88. The minimum absolute atomic E-state index is 0.312. The number of aryl methyl sites for hydroxylation is 1. The van der Waals surface area contributed by atoms with Gasteiger partial charge in [0.15, 0.2) is 0 Å². The molecule has 0 spiro atoms. The van der Waals surface area contributed by atoms with E-state index in [1.807, 2.05) is 19.2 Å². The molecule has 1 aliphatic rings. The van der Waals surface area contributed by atoms with Crippen LogP contribution in [0.3, 0.4) is 0 Å². The van der Waals surface area contributed by atoms with Crippen LogP contribution >= 0.6 is 0 Å². The number of hydrogen-bond acceptors (Lipinski definition) is 3. The van der Waals surface area contributed by atoms with Crippen molar-refractivity contribution in [2.45, 2.75) is 12.3 Å². The fourth-order valence-corrected chi connectivity index (χ4v) is 1.66. The van der Waals surface area contributed by atoms with Gasteiger partial charge in [0.1, 0.15) is 11.6 Å². The third-order valence-corrected chi connectivity index (χ3v) is 2.62. The molecule has 0 aromatic carbocycles. The summed E-state index contributed by atoms with van der Waals surface area (Å²) >= 11 is 0. The Bertz CT molecular complexity index is 398. The Balaban J connectivity index is 2.15. The number of nitrogen functional groups attached to an aromatic ring is 1. The molecule has 2 N–H and O–H groups in total. The maximum atomic E-state index is 5.74. The fourth-order valence-electron chi connectivity index (χ4n) is 1.66. The highest BCUT2D eigenvalue weighted by Gasteiger charge is 2.15. The molecule has 15 heavy (non-hydrogen) atoms. The second-order valence-corrected chi connectivity index (χ2v) is 3.63. The lowest BCUT2D eigenvalue weighted by Gasteiger charge is -2.12. The number of ether oxygens (including phenoxy) is 1.